The second kappa shape index (κ2) is 7.91. The lowest BCUT2D eigenvalue weighted by atomic mass is 9.78. The average Bonchev–Trinajstić information content (AvgIpc) is 2.52. The zero-order valence-corrected chi connectivity index (χ0v) is 13.4. The van der Waals surface area contributed by atoms with Crippen molar-refractivity contribution in [3.63, 3.8) is 0 Å². The minimum absolute atomic E-state index is 0.516. The van der Waals surface area contributed by atoms with E-state index >= 15 is 0 Å². The van der Waals surface area contributed by atoms with Crippen molar-refractivity contribution in [3.8, 4) is 0 Å². The monoisotopic (exact) mass is 294 g/mol. The molecule has 2 rings (SSSR count). The highest BCUT2D eigenvalue weighted by molar-refractivity contribution is 5.26. The van der Waals surface area contributed by atoms with Crippen molar-refractivity contribution >= 4 is 0 Å². The van der Waals surface area contributed by atoms with Gasteiger partial charge in [-0.05, 0) is 42.2 Å². The van der Waals surface area contributed by atoms with Gasteiger partial charge in [-0.2, -0.15) is 0 Å². The van der Waals surface area contributed by atoms with Gasteiger partial charge in [-0.25, -0.2) is 8.78 Å². The molecule has 0 amide bonds. The molecule has 0 N–H and O–H groups in total. The van der Waals surface area contributed by atoms with Crippen LogP contribution in [0.3, 0.4) is 0 Å². The minimum atomic E-state index is -0.621. The predicted molar refractivity (Wildman–Crippen MR) is 84.4 cm³/mol. The predicted octanol–water partition coefficient (Wildman–Crippen LogP) is 6.07. The lowest BCUT2D eigenvalue weighted by Crippen LogP contribution is -2.15. The van der Waals surface area contributed by atoms with Crippen LogP contribution in [0.4, 0.5) is 8.78 Å². The highest BCUT2D eigenvalue weighted by atomic mass is 19.2. The van der Waals surface area contributed by atoms with E-state index in [0.717, 1.165) is 18.8 Å². The summed E-state index contributed by atoms with van der Waals surface area (Å²) in [5, 5.41) is 0. The lowest BCUT2D eigenvalue weighted by molar-refractivity contribution is 0.258. The fourth-order valence-corrected chi connectivity index (χ4v) is 3.57. The summed E-state index contributed by atoms with van der Waals surface area (Å²) in [6, 6.07) is 3.56. The zero-order chi connectivity index (χ0) is 15.2. The molecule has 0 saturated heterocycles. The van der Waals surface area contributed by atoms with Crippen LogP contribution >= 0.6 is 0 Å². The molecule has 0 atom stereocenters. The molecule has 118 valence electrons. The van der Waals surface area contributed by atoms with E-state index < -0.39 is 11.6 Å². The smallest absolute Gasteiger partial charge is 0.162 e. The van der Waals surface area contributed by atoms with Crippen LogP contribution in [0, 0.1) is 23.5 Å². The van der Waals surface area contributed by atoms with Gasteiger partial charge in [0, 0.05) is 0 Å². The van der Waals surface area contributed by atoms with Gasteiger partial charge in [-0.1, -0.05) is 64.5 Å². The molecule has 1 aliphatic rings. The largest absolute Gasteiger partial charge is 0.203 e. The summed E-state index contributed by atoms with van der Waals surface area (Å²) >= 11 is 0. The first-order valence-corrected chi connectivity index (χ1v) is 8.61. The van der Waals surface area contributed by atoms with E-state index in [9.17, 15) is 8.78 Å². The van der Waals surface area contributed by atoms with Crippen molar-refractivity contribution in [1.82, 2.24) is 0 Å². The molecule has 0 unspecified atom stereocenters. The number of hydrogen-bond donors (Lipinski definition) is 0. The van der Waals surface area contributed by atoms with Crippen LogP contribution in [0.5, 0.6) is 0 Å². The van der Waals surface area contributed by atoms with E-state index in [-0.39, 0.29) is 0 Å². The lowest BCUT2D eigenvalue weighted by Gasteiger charge is -2.27. The van der Waals surface area contributed by atoms with Crippen LogP contribution in [-0.4, -0.2) is 0 Å². The molecule has 2 heteroatoms. The maximum Gasteiger partial charge on any atom is 0.162 e. The van der Waals surface area contributed by atoms with Crippen molar-refractivity contribution in [2.24, 2.45) is 11.8 Å². The molecule has 0 aromatic heterocycles. The minimum Gasteiger partial charge on any atom is -0.203 e. The maximum absolute atomic E-state index is 14.1. The summed E-state index contributed by atoms with van der Waals surface area (Å²) in [7, 11) is 0. The third-order valence-corrected chi connectivity index (χ3v) is 5.13. The van der Waals surface area contributed by atoms with Gasteiger partial charge in [0.1, 0.15) is 0 Å². The summed E-state index contributed by atoms with van der Waals surface area (Å²) < 4.78 is 28.0. The van der Waals surface area contributed by atoms with Crippen molar-refractivity contribution in [2.75, 3.05) is 0 Å². The fraction of sp³-hybridized carbons (Fsp3) is 0.684. The Morgan fingerprint density at radius 3 is 1.90 bits per heavy atom. The maximum atomic E-state index is 14.1. The standard InChI is InChI=1S/C19H28F2/c1-3-5-16-12-13-17(19(21)18(16)20)11-10-15-8-6-14(4-2)7-9-15/h12-15H,3-11H2,1-2H3. The molecule has 0 spiro atoms. The van der Waals surface area contributed by atoms with Crippen LogP contribution < -0.4 is 0 Å². The molecule has 21 heavy (non-hydrogen) atoms. The zero-order valence-electron chi connectivity index (χ0n) is 13.4. The Balaban J connectivity index is 1.90. The van der Waals surface area contributed by atoms with E-state index in [0.29, 0.717) is 29.9 Å². The normalized spacial score (nSPS) is 22.5. The Morgan fingerprint density at radius 2 is 1.38 bits per heavy atom. The van der Waals surface area contributed by atoms with Crippen molar-refractivity contribution in [1.29, 1.82) is 0 Å². The highest BCUT2D eigenvalue weighted by Crippen LogP contribution is 2.33. The van der Waals surface area contributed by atoms with Gasteiger partial charge in [-0.15, -0.1) is 0 Å². The first-order chi connectivity index (χ1) is 10.2. The van der Waals surface area contributed by atoms with Crippen molar-refractivity contribution in [3.05, 3.63) is 34.9 Å². The third kappa shape index (κ3) is 4.28. The molecule has 0 bridgehead atoms. The molecule has 0 aliphatic heterocycles. The van der Waals surface area contributed by atoms with Gasteiger partial charge >= 0.3 is 0 Å². The summed E-state index contributed by atoms with van der Waals surface area (Å²) in [5.41, 5.74) is 1.08. The first-order valence-electron chi connectivity index (χ1n) is 8.61. The molecule has 0 heterocycles. The third-order valence-electron chi connectivity index (χ3n) is 5.13. The van der Waals surface area contributed by atoms with Crippen LogP contribution in [-0.2, 0) is 12.8 Å². The van der Waals surface area contributed by atoms with E-state index in [2.05, 4.69) is 6.92 Å². The summed E-state index contributed by atoms with van der Waals surface area (Å²) in [6.45, 7) is 4.25. The van der Waals surface area contributed by atoms with E-state index in [1.54, 1.807) is 12.1 Å². The number of hydrogen-bond acceptors (Lipinski definition) is 0. The number of benzene rings is 1. The van der Waals surface area contributed by atoms with E-state index in [1.165, 1.54) is 32.1 Å². The molecule has 1 aromatic rings. The van der Waals surface area contributed by atoms with E-state index in [4.69, 9.17) is 0 Å². The van der Waals surface area contributed by atoms with Gasteiger partial charge in [-0.3, -0.25) is 0 Å². The van der Waals surface area contributed by atoms with Gasteiger partial charge in [0.2, 0.25) is 0 Å². The molecule has 1 fully saturated rings. The topological polar surface area (TPSA) is 0 Å². The quantitative estimate of drug-likeness (QED) is 0.597. The fourth-order valence-electron chi connectivity index (χ4n) is 3.57. The Hall–Kier alpha value is -0.920. The van der Waals surface area contributed by atoms with Crippen LogP contribution in [0.2, 0.25) is 0 Å². The van der Waals surface area contributed by atoms with Crippen molar-refractivity contribution in [2.45, 2.75) is 71.6 Å². The van der Waals surface area contributed by atoms with E-state index in [1.807, 2.05) is 6.92 Å². The molecule has 0 nitrogen and oxygen atoms in total. The molecular weight excluding hydrogens is 266 g/mol. The Bertz CT molecular complexity index is 445. The van der Waals surface area contributed by atoms with Crippen molar-refractivity contribution < 1.29 is 8.78 Å². The van der Waals surface area contributed by atoms with Gasteiger partial charge in [0.15, 0.2) is 11.6 Å². The molecule has 1 aromatic carbocycles. The Kier molecular flexibility index (Phi) is 6.20. The van der Waals surface area contributed by atoms with Gasteiger partial charge in [0.25, 0.3) is 0 Å². The Morgan fingerprint density at radius 1 is 0.857 bits per heavy atom. The van der Waals surface area contributed by atoms with Gasteiger partial charge < -0.3 is 0 Å². The second-order valence-electron chi connectivity index (χ2n) is 6.60. The van der Waals surface area contributed by atoms with Crippen LogP contribution in [0.25, 0.3) is 0 Å². The molecule has 1 aliphatic carbocycles. The van der Waals surface area contributed by atoms with Crippen LogP contribution in [0.15, 0.2) is 12.1 Å². The Labute approximate surface area is 128 Å². The number of aryl methyl sites for hydroxylation is 2. The SMILES string of the molecule is CCCc1ccc(CCC2CCC(CC)CC2)c(F)c1F. The molecular formula is C19H28F2. The molecule has 0 radical (unpaired) electrons. The second-order valence-corrected chi connectivity index (χ2v) is 6.60. The van der Waals surface area contributed by atoms with Gasteiger partial charge in [0.05, 0.1) is 0 Å². The number of halogens is 2. The average molecular weight is 294 g/mol. The summed E-state index contributed by atoms with van der Waals surface area (Å²) in [5.74, 6) is 0.363. The summed E-state index contributed by atoms with van der Waals surface area (Å²) in [4.78, 5) is 0. The highest BCUT2D eigenvalue weighted by Gasteiger charge is 2.20. The first kappa shape index (κ1) is 16.5. The number of rotatable bonds is 6. The molecule has 1 saturated carbocycles. The van der Waals surface area contributed by atoms with Crippen LogP contribution in [0.1, 0.15) is 69.9 Å². The summed E-state index contributed by atoms with van der Waals surface area (Å²) in [6.07, 6.45) is 9.57.